The molecule has 1 heterocycles. The summed E-state index contributed by atoms with van der Waals surface area (Å²) in [6.45, 7) is 3.78. The van der Waals surface area contributed by atoms with Crippen LogP contribution in [0.25, 0.3) is 5.69 Å². The smallest absolute Gasteiger partial charge is 0.325 e. The number of esters is 1. The van der Waals surface area contributed by atoms with Gasteiger partial charge in [-0.15, -0.1) is 10.2 Å². The lowest BCUT2D eigenvalue weighted by molar-refractivity contribution is -0.141. The summed E-state index contributed by atoms with van der Waals surface area (Å²) in [5.74, 6) is 1.43. The van der Waals surface area contributed by atoms with Gasteiger partial charge in [0.2, 0.25) is 0 Å². The number of methoxy groups -OCH3 is 1. The number of aromatic nitrogens is 3. The summed E-state index contributed by atoms with van der Waals surface area (Å²) in [4.78, 5) is 23.6. The van der Waals surface area contributed by atoms with Gasteiger partial charge < -0.3 is 20.1 Å². The molecule has 0 saturated heterocycles. The Kier molecular flexibility index (Phi) is 9.17. The fraction of sp³-hybridized carbons (Fsp3) is 0.304. The van der Waals surface area contributed by atoms with Crippen LogP contribution < -0.4 is 15.4 Å². The highest BCUT2D eigenvalue weighted by atomic mass is 35.5. The normalized spacial score (nSPS) is 10.6. The van der Waals surface area contributed by atoms with Crippen molar-refractivity contribution in [2.45, 2.75) is 31.3 Å². The lowest BCUT2D eigenvalue weighted by atomic mass is 10.2. The quantitative estimate of drug-likeness (QED) is 0.319. The number of amides is 2. The van der Waals surface area contributed by atoms with Crippen molar-refractivity contribution < 1.29 is 19.1 Å². The summed E-state index contributed by atoms with van der Waals surface area (Å²) in [7, 11) is 1.63. The number of thioether (sulfide) groups is 1. The molecular weight excluding hydrogens is 478 g/mol. The predicted molar refractivity (Wildman–Crippen MR) is 131 cm³/mol. The van der Waals surface area contributed by atoms with Crippen molar-refractivity contribution in [3.8, 4) is 11.4 Å². The standard InChI is InChI=1S/C23H26ClN5O4S/c1-4-33-21(30)13-26-22(31)25-12-20-27-28-23(29(20)19-11-17(24)9-8-15(19)2)34-14-16-6-5-7-18(10-16)32-3/h5-11H,4,12-14H2,1-3H3,(H2,25,26,31). The SMILES string of the molecule is CCOC(=O)CNC(=O)NCc1nnc(SCc2cccc(OC)c2)n1-c1cc(Cl)ccc1C. The lowest BCUT2D eigenvalue weighted by Gasteiger charge is -2.14. The van der Waals surface area contributed by atoms with Crippen LogP contribution in [0, 0.1) is 6.92 Å². The van der Waals surface area contributed by atoms with Gasteiger partial charge in [0.05, 0.1) is 25.9 Å². The monoisotopic (exact) mass is 503 g/mol. The Balaban J connectivity index is 1.79. The van der Waals surface area contributed by atoms with Crippen molar-refractivity contribution in [3.05, 3.63) is 64.4 Å². The second-order valence-electron chi connectivity index (χ2n) is 7.15. The molecule has 0 atom stereocenters. The van der Waals surface area contributed by atoms with Crippen molar-refractivity contribution >= 4 is 35.4 Å². The molecule has 180 valence electrons. The number of benzene rings is 2. The van der Waals surface area contributed by atoms with Crippen LogP contribution in [-0.2, 0) is 21.8 Å². The molecule has 3 rings (SSSR count). The number of urea groups is 1. The van der Waals surface area contributed by atoms with E-state index >= 15 is 0 Å². The van der Waals surface area contributed by atoms with E-state index in [2.05, 4.69) is 20.8 Å². The van der Waals surface area contributed by atoms with Crippen LogP contribution in [0.1, 0.15) is 23.9 Å². The molecule has 34 heavy (non-hydrogen) atoms. The molecule has 0 bridgehead atoms. The number of carbonyl (C=O) groups is 2. The minimum atomic E-state index is -0.518. The molecule has 0 aliphatic carbocycles. The van der Waals surface area contributed by atoms with Gasteiger partial charge in [-0.2, -0.15) is 0 Å². The zero-order chi connectivity index (χ0) is 24.5. The maximum atomic E-state index is 12.1. The summed E-state index contributed by atoms with van der Waals surface area (Å²) in [6, 6.07) is 12.8. The Labute approximate surface area is 207 Å². The number of halogens is 1. The minimum absolute atomic E-state index is 0.0906. The van der Waals surface area contributed by atoms with E-state index in [1.807, 2.05) is 54.0 Å². The third-order valence-corrected chi connectivity index (χ3v) is 5.96. The highest BCUT2D eigenvalue weighted by Crippen LogP contribution is 2.29. The lowest BCUT2D eigenvalue weighted by Crippen LogP contribution is -2.39. The van der Waals surface area contributed by atoms with E-state index in [4.69, 9.17) is 21.1 Å². The molecule has 2 aromatic carbocycles. The second-order valence-corrected chi connectivity index (χ2v) is 8.53. The van der Waals surface area contributed by atoms with Crippen molar-refractivity contribution in [3.63, 3.8) is 0 Å². The molecular formula is C23H26ClN5O4S. The molecule has 11 heteroatoms. The van der Waals surface area contributed by atoms with Crippen LogP contribution in [0.5, 0.6) is 5.75 Å². The van der Waals surface area contributed by atoms with E-state index in [1.165, 1.54) is 11.8 Å². The van der Waals surface area contributed by atoms with Gasteiger partial charge >= 0.3 is 12.0 Å². The maximum absolute atomic E-state index is 12.1. The Morgan fingerprint density at radius 2 is 1.97 bits per heavy atom. The summed E-state index contributed by atoms with van der Waals surface area (Å²) in [5.41, 5.74) is 2.86. The number of nitrogens with one attached hydrogen (secondary N) is 2. The van der Waals surface area contributed by atoms with E-state index in [0.29, 0.717) is 21.8 Å². The van der Waals surface area contributed by atoms with Crippen molar-refractivity contribution in [1.29, 1.82) is 0 Å². The van der Waals surface area contributed by atoms with Gasteiger partial charge in [-0.05, 0) is 49.2 Å². The first-order chi connectivity index (χ1) is 16.4. The third kappa shape index (κ3) is 6.88. The summed E-state index contributed by atoms with van der Waals surface area (Å²) in [5, 5.41) is 15.0. The van der Waals surface area contributed by atoms with Gasteiger partial charge in [-0.1, -0.05) is 41.6 Å². The highest BCUT2D eigenvalue weighted by Gasteiger charge is 2.18. The van der Waals surface area contributed by atoms with Gasteiger partial charge in [0.15, 0.2) is 11.0 Å². The van der Waals surface area contributed by atoms with E-state index < -0.39 is 12.0 Å². The van der Waals surface area contributed by atoms with Crippen LogP contribution in [-0.4, -0.2) is 47.0 Å². The number of nitrogens with zero attached hydrogens (tertiary/aromatic N) is 3. The van der Waals surface area contributed by atoms with Crippen LogP contribution >= 0.6 is 23.4 Å². The minimum Gasteiger partial charge on any atom is -0.497 e. The number of ether oxygens (including phenoxy) is 2. The summed E-state index contributed by atoms with van der Waals surface area (Å²) >= 11 is 7.78. The maximum Gasteiger partial charge on any atom is 0.325 e. The van der Waals surface area contributed by atoms with Gasteiger partial charge in [0, 0.05) is 10.8 Å². The predicted octanol–water partition coefficient (Wildman–Crippen LogP) is 3.89. The zero-order valence-corrected chi connectivity index (χ0v) is 20.7. The Bertz CT molecular complexity index is 1150. The fourth-order valence-corrected chi connectivity index (χ4v) is 4.14. The average Bonchev–Trinajstić information content (AvgIpc) is 3.24. The molecule has 9 nitrogen and oxygen atoms in total. The van der Waals surface area contributed by atoms with E-state index in [1.54, 1.807) is 14.0 Å². The number of hydrogen-bond acceptors (Lipinski definition) is 7. The van der Waals surface area contributed by atoms with E-state index in [9.17, 15) is 9.59 Å². The number of rotatable bonds is 10. The van der Waals surface area contributed by atoms with Crippen LogP contribution in [0.2, 0.25) is 5.02 Å². The van der Waals surface area contributed by atoms with Crippen molar-refractivity contribution in [2.75, 3.05) is 20.3 Å². The van der Waals surface area contributed by atoms with E-state index in [0.717, 1.165) is 22.6 Å². The molecule has 0 aliphatic rings. The highest BCUT2D eigenvalue weighted by molar-refractivity contribution is 7.98. The third-order valence-electron chi connectivity index (χ3n) is 4.72. The molecule has 0 spiro atoms. The van der Waals surface area contributed by atoms with Crippen molar-refractivity contribution in [1.82, 2.24) is 25.4 Å². The van der Waals surface area contributed by atoms with E-state index in [-0.39, 0.29) is 19.7 Å². The summed E-state index contributed by atoms with van der Waals surface area (Å²) < 4.78 is 12.0. The van der Waals surface area contributed by atoms with Crippen molar-refractivity contribution in [2.24, 2.45) is 0 Å². The number of aryl methyl sites for hydroxylation is 1. The molecule has 2 N–H and O–H groups in total. The molecule has 0 unspecified atom stereocenters. The topological polar surface area (TPSA) is 107 Å². The van der Waals surface area contributed by atoms with Gasteiger partial charge in [-0.25, -0.2) is 4.79 Å². The molecule has 3 aromatic rings. The molecule has 0 saturated carbocycles. The zero-order valence-electron chi connectivity index (χ0n) is 19.1. The fourth-order valence-electron chi connectivity index (χ4n) is 3.07. The average molecular weight is 504 g/mol. The molecule has 0 aliphatic heterocycles. The summed E-state index contributed by atoms with van der Waals surface area (Å²) in [6.07, 6.45) is 0. The van der Waals surface area contributed by atoms with Crippen LogP contribution in [0.15, 0.2) is 47.6 Å². The first kappa shape index (κ1) is 25.4. The number of hydrogen-bond donors (Lipinski definition) is 2. The Morgan fingerprint density at radius 1 is 1.15 bits per heavy atom. The van der Waals surface area contributed by atoms with Crippen LogP contribution in [0.4, 0.5) is 4.79 Å². The first-order valence-electron chi connectivity index (χ1n) is 10.5. The first-order valence-corrected chi connectivity index (χ1v) is 11.9. The molecule has 0 fully saturated rings. The molecule has 0 radical (unpaired) electrons. The Hall–Kier alpha value is -3.24. The Morgan fingerprint density at radius 3 is 2.74 bits per heavy atom. The molecule has 2 amide bonds. The van der Waals surface area contributed by atoms with Gasteiger partial charge in [0.25, 0.3) is 0 Å². The van der Waals surface area contributed by atoms with Crippen LogP contribution in [0.3, 0.4) is 0 Å². The second kappa shape index (κ2) is 12.3. The van der Waals surface area contributed by atoms with Gasteiger partial charge in [-0.3, -0.25) is 9.36 Å². The number of carbonyl (C=O) groups excluding carboxylic acids is 2. The molecule has 1 aromatic heterocycles. The van der Waals surface area contributed by atoms with Gasteiger partial charge in [0.1, 0.15) is 12.3 Å². The largest absolute Gasteiger partial charge is 0.497 e.